The Labute approximate surface area is 281 Å². The molecule has 0 spiro atoms. The normalized spacial score (nSPS) is 17.8. The highest BCUT2D eigenvalue weighted by molar-refractivity contribution is 7.18. The molecule has 0 saturated carbocycles. The van der Waals surface area contributed by atoms with Gasteiger partial charge in [-0.15, -0.1) is 11.3 Å². The first-order valence-corrected chi connectivity index (χ1v) is 16.8. The number of carbonyl (C=O) groups is 1. The van der Waals surface area contributed by atoms with Crippen LogP contribution in [-0.2, 0) is 29.0 Å². The van der Waals surface area contributed by atoms with Gasteiger partial charge >= 0.3 is 0 Å². The fourth-order valence-corrected chi connectivity index (χ4v) is 7.64. The van der Waals surface area contributed by atoms with Crippen LogP contribution in [0.15, 0.2) is 54.6 Å². The van der Waals surface area contributed by atoms with Gasteiger partial charge < -0.3 is 14.4 Å². The number of likely N-dealkylation sites (N-methyl/N-ethyl adjacent to an activating group) is 1. The largest absolute Gasteiger partial charge is 0.490 e. The molecule has 0 fully saturated rings. The van der Waals surface area contributed by atoms with Gasteiger partial charge in [0.2, 0.25) is 5.91 Å². The molecule has 0 radical (unpaired) electrons. The highest BCUT2D eigenvalue weighted by Gasteiger charge is 2.32. The Morgan fingerprint density at radius 3 is 2.75 bits per heavy atom. The zero-order chi connectivity index (χ0) is 33.7. The summed E-state index contributed by atoms with van der Waals surface area (Å²) in [6, 6.07) is 8.17. The van der Waals surface area contributed by atoms with E-state index in [1.165, 1.54) is 30.6 Å². The number of amides is 1. The Hall–Kier alpha value is -4.52. The van der Waals surface area contributed by atoms with Crippen molar-refractivity contribution in [3.8, 4) is 39.5 Å². The van der Waals surface area contributed by atoms with E-state index in [4.69, 9.17) is 24.5 Å². The first kappa shape index (κ1) is 32.0. The third kappa shape index (κ3) is 5.57. The van der Waals surface area contributed by atoms with Gasteiger partial charge in [0.15, 0.2) is 0 Å². The lowest BCUT2D eigenvalue weighted by molar-refractivity contribution is -0.129. The summed E-state index contributed by atoms with van der Waals surface area (Å²) in [5.74, 6) is -1.65. The van der Waals surface area contributed by atoms with Gasteiger partial charge in [-0.3, -0.25) is 19.4 Å². The fourth-order valence-electron chi connectivity index (χ4n) is 6.69. The van der Waals surface area contributed by atoms with Crippen LogP contribution in [0.2, 0.25) is 0 Å². The standard InChI is InChI=1S/C36H36F2N6O3S/c1-6-31(45)43-8-9-44-29(21(43)3)17-28(41-44)35-33(32-26(38)15-24(37)16-30(32)47-11-10-46-5)36-25(7-12-48-36)34(40-35)22-14-23-19-42(4)20(2)13-27(23)39-18-22/h6-7,12,14-18,20-21H,1,8-11,13,19H2,2-5H3/t20-,21-/m1/s1. The van der Waals surface area contributed by atoms with Crippen molar-refractivity contribution in [1.82, 2.24) is 29.5 Å². The molecule has 9 nitrogen and oxygen atoms in total. The van der Waals surface area contributed by atoms with Crippen molar-refractivity contribution in [3.63, 3.8) is 0 Å². The number of benzene rings is 1. The monoisotopic (exact) mass is 670 g/mol. The third-order valence-electron chi connectivity index (χ3n) is 9.38. The minimum atomic E-state index is -0.777. The summed E-state index contributed by atoms with van der Waals surface area (Å²) in [5.41, 5.74) is 6.02. The van der Waals surface area contributed by atoms with Gasteiger partial charge in [0.05, 0.1) is 36.1 Å². The maximum absolute atomic E-state index is 16.1. The number of ether oxygens (including phenoxy) is 2. The van der Waals surface area contributed by atoms with Crippen LogP contribution in [0.3, 0.4) is 0 Å². The molecule has 0 saturated heterocycles. The van der Waals surface area contributed by atoms with Crippen molar-refractivity contribution in [3.05, 3.63) is 83.1 Å². The molecule has 6 heterocycles. The minimum absolute atomic E-state index is 0.0442. The predicted molar refractivity (Wildman–Crippen MR) is 182 cm³/mol. The maximum atomic E-state index is 16.1. The number of hydrogen-bond acceptors (Lipinski definition) is 8. The van der Waals surface area contributed by atoms with Crippen LogP contribution in [0.25, 0.3) is 43.9 Å². The third-order valence-corrected chi connectivity index (χ3v) is 10.3. The molecule has 248 valence electrons. The van der Waals surface area contributed by atoms with Gasteiger partial charge in [0, 0.05) is 77.9 Å². The van der Waals surface area contributed by atoms with Crippen molar-refractivity contribution >= 4 is 27.3 Å². The number of hydrogen-bond donors (Lipinski definition) is 0. The summed E-state index contributed by atoms with van der Waals surface area (Å²) in [7, 11) is 3.64. The molecule has 2 aliphatic heterocycles. The molecule has 4 aromatic heterocycles. The van der Waals surface area contributed by atoms with Crippen LogP contribution in [-0.4, -0.2) is 75.4 Å². The van der Waals surface area contributed by atoms with E-state index in [1.807, 2.05) is 35.3 Å². The smallest absolute Gasteiger partial charge is 0.246 e. The summed E-state index contributed by atoms with van der Waals surface area (Å²) in [6.45, 7) is 9.83. The van der Waals surface area contributed by atoms with E-state index in [1.54, 1.807) is 4.90 Å². The number of methoxy groups -OCH3 is 1. The summed E-state index contributed by atoms with van der Waals surface area (Å²) in [5, 5.41) is 7.71. The molecule has 1 amide bonds. The van der Waals surface area contributed by atoms with Crippen LogP contribution in [0.5, 0.6) is 5.75 Å². The van der Waals surface area contributed by atoms with Crippen LogP contribution in [0.4, 0.5) is 8.78 Å². The van der Waals surface area contributed by atoms with E-state index in [0.717, 1.165) is 51.6 Å². The Bertz CT molecular complexity index is 2060. The summed E-state index contributed by atoms with van der Waals surface area (Å²) in [6.07, 6.45) is 4.03. The molecule has 0 unspecified atom stereocenters. The Balaban J connectivity index is 1.47. The lowest BCUT2D eigenvalue weighted by Gasteiger charge is -2.33. The molecule has 1 aromatic carbocycles. The first-order chi connectivity index (χ1) is 23.2. The highest BCUT2D eigenvalue weighted by atomic mass is 32.1. The van der Waals surface area contributed by atoms with Crippen molar-refractivity contribution < 1.29 is 23.0 Å². The number of thiophene rings is 1. The topological polar surface area (TPSA) is 85.6 Å². The number of fused-ring (bicyclic) bond motifs is 3. The number of carbonyl (C=O) groups excluding carboxylic acids is 1. The number of pyridine rings is 2. The van der Waals surface area contributed by atoms with Crippen molar-refractivity contribution in [2.75, 3.05) is 33.9 Å². The van der Waals surface area contributed by atoms with Crippen LogP contribution in [0, 0.1) is 11.6 Å². The number of rotatable bonds is 8. The lowest BCUT2D eigenvalue weighted by Crippen LogP contribution is -2.40. The summed E-state index contributed by atoms with van der Waals surface area (Å²) in [4.78, 5) is 26.8. The average molecular weight is 671 g/mol. The van der Waals surface area contributed by atoms with E-state index >= 15 is 4.39 Å². The Morgan fingerprint density at radius 1 is 1.12 bits per heavy atom. The number of halogens is 2. The molecular weight excluding hydrogens is 634 g/mol. The zero-order valence-corrected chi connectivity index (χ0v) is 28.1. The second kappa shape index (κ2) is 12.8. The van der Waals surface area contributed by atoms with E-state index in [9.17, 15) is 9.18 Å². The Morgan fingerprint density at radius 2 is 1.96 bits per heavy atom. The fraction of sp³-hybridized carbons (Fsp3) is 0.333. The second-order valence-corrected chi connectivity index (χ2v) is 13.3. The second-order valence-electron chi connectivity index (χ2n) is 12.3. The zero-order valence-electron chi connectivity index (χ0n) is 27.3. The summed E-state index contributed by atoms with van der Waals surface area (Å²) < 4.78 is 44.5. The number of nitrogens with zero attached hydrogens (tertiary/aromatic N) is 6. The van der Waals surface area contributed by atoms with E-state index < -0.39 is 11.6 Å². The lowest BCUT2D eigenvalue weighted by atomic mass is 9.95. The Kier molecular flexibility index (Phi) is 8.57. The van der Waals surface area contributed by atoms with Crippen LogP contribution >= 0.6 is 11.3 Å². The maximum Gasteiger partial charge on any atom is 0.246 e. The van der Waals surface area contributed by atoms with Gasteiger partial charge in [-0.1, -0.05) is 6.58 Å². The predicted octanol–water partition coefficient (Wildman–Crippen LogP) is 6.66. The first-order valence-electron chi connectivity index (χ1n) is 15.9. The van der Waals surface area contributed by atoms with Crippen molar-refractivity contribution in [1.29, 1.82) is 0 Å². The quantitative estimate of drug-likeness (QED) is 0.135. The van der Waals surface area contributed by atoms with Gasteiger partial charge in [0.1, 0.15) is 35.4 Å². The SMILES string of the molecule is C=CC(=O)N1CCn2nc(-c3nc(-c4cnc5c(c4)CN(C)[C@H](C)C5)c4ccsc4c3-c3c(F)cc(F)cc3OCCOC)cc2[C@H]1C. The molecule has 12 heteroatoms. The summed E-state index contributed by atoms with van der Waals surface area (Å²) >= 11 is 1.44. The van der Waals surface area contributed by atoms with Crippen LogP contribution in [0.1, 0.15) is 36.8 Å². The molecule has 2 aliphatic rings. The molecule has 0 aliphatic carbocycles. The van der Waals surface area contributed by atoms with Gasteiger partial charge in [0.25, 0.3) is 0 Å². The number of aromatic nitrogens is 4. The van der Waals surface area contributed by atoms with Crippen molar-refractivity contribution in [2.24, 2.45) is 0 Å². The van der Waals surface area contributed by atoms with Gasteiger partial charge in [-0.25, -0.2) is 13.8 Å². The van der Waals surface area contributed by atoms with Gasteiger partial charge in [-0.2, -0.15) is 5.10 Å². The van der Waals surface area contributed by atoms with E-state index in [-0.39, 0.29) is 36.5 Å². The van der Waals surface area contributed by atoms with E-state index in [2.05, 4.69) is 31.5 Å². The molecule has 0 N–H and O–H groups in total. The molecule has 0 bridgehead atoms. The van der Waals surface area contributed by atoms with E-state index in [0.29, 0.717) is 41.8 Å². The van der Waals surface area contributed by atoms with Crippen LogP contribution < -0.4 is 4.74 Å². The average Bonchev–Trinajstić information content (AvgIpc) is 3.73. The minimum Gasteiger partial charge on any atom is -0.490 e. The van der Waals surface area contributed by atoms with Gasteiger partial charge in [-0.05, 0) is 56.1 Å². The molecular formula is C36H36F2N6O3S. The highest BCUT2D eigenvalue weighted by Crippen LogP contribution is 2.47. The molecule has 2 atom stereocenters. The molecule has 48 heavy (non-hydrogen) atoms. The van der Waals surface area contributed by atoms with Crippen molar-refractivity contribution in [2.45, 2.75) is 45.4 Å². The molecule has 5 aromatic rings. The molecule has 7 rings (SSSR count).